The molecule has 9 heteroatoms. The second kappa shape index (κ2) is 7.76. The van der Waals surface area contributed by atoms with Gasteiger partial charge in [0.1, 0.15) is 22.8 Å². The van der Waals surface area contributed by atoms with Crippen molar-refractivity contribution in [2.24, 2.45) is 5.92 Å². The van der Waals surface area contributed by atoms with E-state index in [0.29, 0.717) is 42.3 Å². The monoisotopic (exact) mass is 381 g/mol. The summed E-state index contributed by atoms with van der Waals surface area (Å²) in [7, 11) is 0. The molecule has 0 aromatic carbocycles. The van der Waals surface area contributed by atoms with Gasteiger partial charge in [-0.3, -0.25) is 9.78 Å². The van der Waals surface area contributed by atoms with Crippen molar-refractivity contribution in [3.63, 3.8) is 0 Å². The van der Waals surface area contributed by atoms with E-state index in [9.17, 15) is 4.79 Å². The van der Waals surface area contributed by atoms with Crippen LogP contribution < -0.4 is 21.1 Å². The summed E-state index contributed by atoms with van der Waals surface area (Å²) >= 11 is 0. The Kier molecular flexibility index (Phi) is 5.02. The average Bonchev–Trinajstić information content (AvgIpc) is 3.30. The maximum absolute atomic E-state index is 12.9. The van der Waals surface area contributed by atoms with Gasteiger partial charge in [0, 0.05) is 37.7 Å². The SMILES string of the molecule is N#CCC1CNc2c(C(=O)Nc3cnccc3OC3CCCC3)c(N)nn2C1. The van der Waals surface area contributed by atoms with E-state index in [1.54, 1.807) is 23.1 Å². The molecule has 4 rings (SSSR count). The van der Waals surface area contributed by atoms with Crippen molar-refractivity contribution in [2.75, 3.05) is 22.9 Å². The number of carbonyl (C=O) groups is 1. The lowest BCUT2D eigenvalue weighted by molar-refractivity contribution is 0.102. The van der Waals surface area contributed by atoms with Gasteiger partial charge in [0.05, 0.1) is 18.4 Å². The first-order chi connectivity index (χ1) is 13.7. The lowest BCUT2D eigenvalue weighted by Gasteiger charge is -2.23. The first kappa shape index (κ1) is 18.1. The summed E-state index contributed by atoms with van der Waals surface area (Å²) < 4.78 is 7.72. The summed E-state index contributed by atoms with van der Waals surface area (Å²) in [6.45, 7) is 1.15. The van der Waals surface area contributed by atoms with Gasteiger partial charge in [0.25, 0.3) is 5.91 Å². The predicted octanol–water partition coefficient (Wildman–Crippen LogP) is 2.39. The highest BCUT2D eigenvalue weighted by Crippen LogP contribution is 2.32. The van der Waals surface area contributed by atoms with E-state index < -0.39 is 0 Å². The lowest BCUT2D eigenvalue weighted by atomic mass is 10.0. The number of pyridine rings is 1. The first-order valence-electron chi connectivity index (χ1n) is 9.55. The van der Waals surface area contributed by atoms with E-state index in [4.69, 9.17) is 15.7 Å². The topological polar surface area (TPSA) is 131 Å². The zero-order chi connectivity index (χ0) is 19.5. The number of amides is 1. The lowest BCUT2D eigenvalue weighted by Crippen LogP contribution is -2.29. The molecule has 1 unspecified atom stereocenters. The normalized spacial score (nSPS) is 18.8. The highest BCUT2D eigenvalue weighted by atomic mass is 16.5. The minimum Gasteiger partial charge on any atom is -0.488 e. The van der Waals surface area contributed by atoms with Gasteiger partial charge in [0.2, 0.25) is 0 Å². The summed E-state index contributed by atoms with van der Waals surface area (Å²) in [6.07, 6.45) is 8.18. The third-order valence-corrected chi connectivity index (χ3v) is 5.20. The molecule has 146 valence electrons. The van der Waals surface area contributed by atoms with Crippen LogP contribution in [0.25, 0.3) is 0 Å². The Labute approximate surface area is 162 Å². The molecule has 28 heavy (non-hydrogen) atoms. The third-order valence-electron chi connectivity index (χ3n) is 5.20. The standard InChI is InChI=1S/C19H23N7O2/c20-7-5-12-9-23-18-16(17(21)25-26(18)11-12)19(27)24-14-10-22-8-6-15(14)28-13-3-1-2-4-13/h6,8,10,12-13,23H,1-5,9,11H2,(H2,21,25)(H,24,27). The van der Waals surface area contributed by atoms with Crippen LogP contribution in [0.4, 0.5) is 17.3 Å². The molecule has 4 N–H and O–H groups in total. The second-order valence-electron chi connectivity index (χ2n) is 7.25. The van der Waals surface area contributed by atoms with E-state index in [0.717, 1.165) is 25.7 Å². The van der Waals surface area contributed by atoms with Gasteiger partial charge >= 0.3 is 0 Å². The number of nitrogen functional groups attached to an aromatic ring is 1. The van der Waals surface area contributed by atoms with Crippen molar-refractivity contribution >= 4 is 23.2 Å². The van der Waals surface area contributed by atoms with Crippen LogP contribution in [0.15, 0.2) is 18.5 Å². The summed E-state index contributed by atoms with van der Waals surface area (Å²) in [5.74, 6) is 1.11. The van der Waals surface area contributed by atoms with E-state index in [1.165, 1.54) is 0 Å². The molecule has 3 heterocycles. The van der Waals surface area contributed by atoms with Gasteiger partial charge in [-0.15, -0.1) is 0 Å². The van der Waals surface area contributed by atoms with Crippen LogP contribution in [0.1, 0.15) is 42.5 Å². The van der Waals surface area contributed by atoms with Crippen molar-refractivity contribution in [1.29, 1.82) is 5.26 Å². The number of aromatic nitrogens is 3. The molecule has 2 aliphatic rings. The fourth-order valence-corrected chi connectivity index (χ4v) is 3.78. The number of nitrogens with two attached hydrogens (primary N) is 1. The zero-order valence-electron chi connectivity index (χ0n) is 15.5. The Morgan fingerprint density at radius 1 is 1.46 bits per heavy atom. The molecule has 0 spiro atoms. The molecule has 0 radical (unpaired) electrons. The highest BCUT2D eigenvalue weighted by Gasteiger charge is 2.28. The number of anilines is 3. The van der Waals surface area contributed by atoms with Crippen LogP contribution in [-0.4, -0.2) is 33.3 Å². The Balaban J connectivity index is 1.53. The van der Waals surface area contributed by atoms with E-state index >= 15 is 0 Å². The molecule has 9 nitrogen and oxygen atoms in total. The molecular weight excluding hydrogens is 358 g/mol. The van der Waals surface area contributed by atoms with E-state index in [1.807, 2.05) is 0 Å². The molecule has 0 saturated heterocycles. The Morgan fingerprint density at radius 2 is 2.29 bits per heavy atom. The molecule has 2 aromatic heterocycles. The number of nitrogens with zero attached hydrogens (tertiary/aromatic N) is 4. The number of ether oxygens (including phenoxy) is 1. The van der Waals surface area contributed by atoms with Gasteiger partial charge in [-0.2, -0.15) is 10.4 Å². The molecule has 1 amide bonds. The molecule has 1 aliphatic heterocycles. The summed E-state index contributed by atoms with van der Waals surface area (Å²) in [4.78, 5) is 17.0. The van der Waals surface area contributed by atoms with Crippen molar-refractivity contribution in [3.8, 4) is 11.8 Å². The summed E-state index contributed by atoms with van der Waals surface area (Å²) in [5, 5.41) is 19.2. The number of fused-ring (bicyclic) bond motifs is 1. The molecule has 1 atom stereocenters. The van der Waals surface area contributed by atoms with Crippen LogP contribution in [0.2, 0.25) is 0 Å². The predicted molar refractivity (Wildman–Crippen MR) is 104 cm³/mol. The molecule has 1 fully saturated rings. The van der Waals surface area contributed by atoms with Crippen LogP contribution in [0.3, 0.4) is 0 Å². The molecular formula is C19H23N7O2. The van der Waals surface area contributed by atoms with Crippen molar-refractivity contribution in [3.05, 3.63) is 24.0 Å². The van der Waals surface area contributed by atoms with Gasteiger partial charge in [-0.05, 0) is 25.7 Å². The van der Waals surface area contributed by atoms with Crippen LogP contribution >= 0.6 is 0 Å². The van der Waals surface area contributed by atoms with Gasteiger partial charge in [0.15, 0.2) is 5.82 Å². The van der Waals surface area contributed by atoms with Crippen molar-refractivity contribution < 1.29 is 9.53 Å². The van der Waals surface area contributed by atoms with E-state index in [-0.39, 0.29) is 23.7 Å². The largest absolute Gasteiger partial charge is 0.488 e. The third kappa shape index (κ3) is 3.58. The van der Waals surface area contributed by atoms with Crippen LogP contribution in [-0.2, 0) is 6.54 Å². The van der Waals surface area contributed by atoms with Crippen LogP contribution in [0, 0.1) is 17.2 Å². The number of rotatable bonds is 5. The average molecular weight is 381 g/mol. The van der Waals surface area contributed by atoms with Gasteiger partial charge in [-0.25, -0.2) is 4.68 Å². The summed E-state index contributed by atoms with van der Waals surface area (Å²) in [5.41, 5.74) is 6.83. The number of carbonyl (C=O) groups excluding carboxylic acids is 1. The maximum atomic E-state index is 12.9. The van der Waals surface area contributed by atoms with Crippen molar-refractivity contribution in [1.82, 2.24) is 14.8 Å². The number of hydrogen-bond acceptors (Lipinski definition) is 7. The quantitative estimate of drug-likeness (QED) is 0.724. The first-order valence-corrected chi connectivity index (χ1v) is 9.55. The minimum absolute atomic E-state index is 0.137. The summed E-state index contributed by atoms with van der Waals surface area (Å²) in [6, 6.07) is 3.93. The van der Waals surface area contributed by atoms with Gasteiger partial charge < -0.3 is 21.1 Å². The number of nitrogens with one attached hydrogen (secondary N) is 2. The maximum Gasteiger partial charge on any atom is 0.263 e. The number of nitriles is 1. The molecule has 1 saturated carbocycles. The van der Waals surface area contributed by atoms with Crippen molar-refractivity contribution in [2.45, 2.75) is 44.8 Å². The molecule has 2 aromatic rings. The Bertz CT molecular complexity index is 911. The van der Waals surface area contributed by atoms with Crippen LogP contribution in [0.5, 0.6) is 5.75 Å². The fourth-order valence-electron chi connectivity index (χ4n) is 3.78. The Hall–Kier alpha value is -3.28. The molecule has 0 bridgehead atoms. The minimum atomic E-state index is -0.366. The zero-order valence-corrected chi connectivity index (χ0v) is 15.5. The van der Waals surface area contributed by atoms with Gasteiger partial charge in [-0.1, -0.05) is 0 Å². The fraction of sp³-hybridized carbons (Fsp3) is 0.474. The highest BCUT2D eigenvalue weighted by molar-refractivity contribution is 6.11. The molecule has 1 aliphatic carbocycles. The Morgan fingerprint density at radius 3 is 3.07 bits per heavy atom. The number of hydrogen-bond donors (Lipinski definition) is 3. The smallest absolute Gasteiger partial charge is 0.263 e. The second-order valence-corrected chi connectivity index (χ2v) is 7.25. The van der Waals surface area contributed by atoms with E-state index in [2.05, 4.69) is 26.8 Å².